The molecule has 0 aliphatic heterocycles. The third-order valence-electron chi connectivity index (χ3n) is 2.55. The number of carbonyl (C=O) groups is 1. The fraction of sp³-hybridized carbons (Fsp3) is 0.214. The van der Waals surface area contributed by atoms with E-state index in [1.807, 2.05) is 17.5 Å². The average molecular weight is 278 g/mol. The lowest BCUT2D eigenvalue weighted by molar-refractivity contribution is 0.0958. The van der Waals surface area contributed by atoms with Gasteiger partial charge in [0.2, 0.25) is 0 Å². The number of benzene rings is 1. The highest BCUT2D eigenvalue weighted by Crippen LogP contribution is 2.07. The van der Waals surface area contributed by atoms with Crippen molar-refractivity contribution < 1.29 is 9.18 Å². The van der Waals surface area contributed by atoms with Crippen molar-refractivity contribution in [1.82, 2.24) is 10.6 Å². The molecule has 0 spiro atoms. The topological polar surface area (TPSA) is 41.1 Å². The highest BCUT2D eigenvalue weighted by molar-refractivity contribution is 7.12. The molecule has 5 heteroatoms. The van der Waals surface area contributed by atoms with Crippen LogP contribution in [0.15, 0.2) is 41.8 Å². The van der Waals surface area contributed by atoms with Gasteiger partial charge in [0.1, 0.15) is 5.82 Å². The number of nitrogens with one attached hydrogen (secondary N) is 2. The van der Waals surface area contributed by atoms with E-state index < -0.39 is 0 Å². The first-order valence-electron chi connectivity index (χ1n) is 6.02. The quantitative estimate of drug-likeness (QED) is 0.797. The molecule has 0 radical (unpaired) electrons. The Balaban J connectivity index is 1.64. The van der Waals surface area contributed by atoms with Gasteiger partial charge in [-0.05, 0) is 29.1 Å². The van der Waals surface area contributed by atoms with Gasteiger partial charge in [-0.15, -0.1) is 11.3 Å². The van der Waals surface area contributed by atoms with Gasteiger partial charge in [0.25, 0.3) is 5.91 Å². The normalized spacial score (nSPS) is 10.4. The molecule has 100 valence electrons. The molecule has 0 unspecified atom stereocenters. The van der Waals surface area contributed by atoms with Crippen molar-refractivity contribution in [3.05, 3.63) is 58.0 Å². The molecule has 0 fully saturated rings. The highest BCUT2D eigenvalue weighted by atomic mass is 32.1. The van der Waals surface area contributed by atoms with E-state index in [4.69, 9.17) is 0 Å². The van der Waals surface area contributed by atoms with E-state index in [1.165, 1.54) is 23.5 Å². The van der Waals surface area contributed by atoms with E-state index in [0.29, 0.717) is 24.5 Å². The van der Waals surface area contributed by atoms with Crippen molar-refractivity contribution in [2.24, 2.45) is 0 Å². The fourth-order valence-corrected chi connectivity index (χ4v) is 2.28. The van der Waals surface area contributed by atoms with Crippen LogP contribution in [0.2, 0.25) is 0 Å². The first-order valence-corrected chi connectivity index (χ1v) is 6.90. The Bertz CT molecular complexity index is 528. The van der Waals surface area contributed by atoms with Crippen LogP contribution in [0.5, 0.6) is 0 Å². The largest absolute Gasteiger partial charge is 0.350 e. The zero-order chi connectivity index (χ0) is 13.5. The number of rotatable bonds is 6. The first kappa shape index (κ1) is 13.7. The number of amides is 1. The second-order valence-electron chi connectivity index (χ2n) is 4.04. The molecule has 1 aromatic heterocycles. The van der Waals surface area contributed by atoms with E-state index in [9.17, 15) is 9.18 Å². The van der Waals surface area contributed by atoms with Gasteiger partial charge in [0.15, 0.2) is 0 Å². The highest BCUT2D eigenvalue weighted by Gasteiger charge is 2.04. The summed E-state index contributed by atoms with van der Waals surface area (Å²) in [5.74, 6) is -0.284. The summed E-state index contributed by atoms with van der Waals surface area (Å²) in [5.41, 5.74) is 0.893. The number of hydrogen-bond donors (Lipinski definition) is 2. The Morgan fingerprint density at radius 2 is 2.11 bits per heavy atom. The summed E-state index contributed by atoms with van der Waals surface area (Å²) in [5, 5.41) is 7.84. The van der Waals surface area contributed by atoms with Gasteiger partial charge >= 0.3 is 0 Å². The minimum absolute atomic E-state index is 0.0532. The maximum atomic E-state index is 12.9. The van der Waals surface area contributed by atoms with Crippen LogP contribution >= 0.6 is 11.3 Å². The van der Waals surface area contributed by atoms with Crippen molar-refractivity contribution in [2.45, 2.75) is 6.54 Å². The van der Waals surface area contributed by atoms with Crippen LogP contribution in [0.4, 0.5) is 4.39 Å². The van der Waals surface area contributed by atoms with E-state index in [2.05, 4.69) is 10.6 Å². The number of halogens is 1. The third kappa shape index (κ3) is 4.46. The lowest BCUT2D eigenvalue weighted by Gasteiger charge is -2.06. The Morgan fingerprint density at radius 3 is 2.84 bits per heavy atom. The second-order valence-corrected chi connectivity index (χ2v) is 4.99. The van der Waals surface area contributed by atoms with Crippen molar-refractivity contribution in [1.29, 1.82) is 0 Å². The maximum Gasteiger partial charge on any atom is 0.261 e. The Morgan fingerprint density at radius 1 is 1.21 bits per heavy atom. The minimum atomic E-state index is -0.231. The summed E-state index contributed by atoms with van der Waals surface area (Å²) >= 11 is 1.42. The Labute approximate surface area is 115 Å². The molecule has 0 atom stereocenters. The summed E-state index contributed by atoms with van der Waals surface area (Å²) in [4.78, 5) is 12.3. The van der Waals surface area contributed by atoms with Crippen molar-refractivity contribution in [3.63, 3.8) is 0 Å². The van der Waals surface area contributed by atoms with Crippen LogP contribution in [0.3, 0.4) is 0 Å². The van der Waals surface area contributed by atoms with Gasteiger partial charge < -0.3 is 10.6 Å². The second kappa shape index (κ2) is 7.01. The van der Waals surface area contributed by atoms with Crippen LogP contribution in [0.25, 0.3) is 0 Å². The van der Waals surface area contributed by atoms with Gasteiger partial charge in [-0.1, -0.05) is 18.2 Å². The van der Waals surface area contributed by atoms with E-state index in [-0.39, 0.29) is 11.7 Å². The monoisotopic (exact) mass is 278 g/mol. The number of hydrogen-bond acceptors (Lipinski definition) is 3. The Hall–Kier alpha value is -1.72. The molecule has 2 N–H and O–H groups in total. The van der Waals surface area contributed by atoms with Crippen molar-refractivity contribution >= 4 is 17.2 Å². The minimum Gasteiger partial charge on any atom is -0.350 e. The lowest BCUT2D eigenvalue weighted by atomic mass is 10.2. The molecule has 0 aliphatic rings. The lowest BCUT2D eigenvalue weighted by Crippen LogP contribution is -2.31. The van der Waals surface area contributed by atoms with Crippen molar-refractivity contribution in [3.8, 4) is 0 Å². The van der Waals surface area contributed by atoms with Crippen LogP contribution < -0.4 is 10.6 Å². The third-order valence-corrected chi connectivity index (χ3v) is 3.42. The smallest absolute Gasteiger partial charge is 0.261 e. The molecular formula is C14H15FN2OS. The number of thiophene rings is 1. The zero-order valence-corrected chi connectivity index (χ0v) is 11.2. The van der Waals surface area contributed by atoms with Crippen LogP contribution in [-0.2, 0) is 6.54 Å². The van der Waals surface area contributed by atoms with Gasteiger partial charge in [-0.25, -0.2) is 4.39 Å². The van der Waals surface area contributed by atoms with E-state index in [0.717, 1.165) is 5.56 Å². The number of carbonyl (C=O) groups excluding carboxylic acids is 1. The molecular weight excluding hydrogens is 263 g/mol. The van der Waals surface area contributed by atoms with Crippen LogP contribution in [-0.4, -0.2) is 19.0 Å². The summed E-state index contributed by atoms with van der Waals surface area (Å²) in [6.07, 6.45) is 0. The van der Waals surface area contributed by atoms with E-state index in [1.54, 1.807) is 12.1 Å². The molecule has 2 rings (SSSR count). The standard InChI is InChI=1S/C14H15FN2OS/c15-12-4-1-3-11(9-12)10-16-6-7-17-14(18)13-5-2-8-19-13/h1-5,8-9,16H,6-7,10H2,(H,17,18). The first-order chi connectivity index (χ1) is 9.25. The SMILES string of the molecule is O=C(NCCNCc1cccc(F)c1)c1cccs1. The molecule has 0 bridgehead atoms. The molecule has 2 aromatic rings. The summed E-state index contributed by atoms with van der Waals surface area (Å²) in [6.45, 7) is 1.78. The van der Waals surface area contributed by atoms with Crippen molar-refractivity contribution in [2.75, 3.05) is 13.1 Å². The van der Waals surface area contributed by atoms with Crippen LogP contribution in [0.1, 0.15) is 15.2 Å². The molecule has 19 heavy (non-hydrogen) atoms. The molecule has 3 nitrogen and oxygen atoms in total. The van der Waals surface area contributed by atoms with Gasteiger partial charge in [-0.2, -0.15) is 0 Å². The van der Waals surface area contributed by atoms with Gasteiger partial charge in [0, 0.05) is 19.6 Å². The molecule has 1 amide bonds. The van der Waals surface area contributed by atoms with Gasteiger partial charge in [0.05, 0.1) is 4.88 Å². The molecule has 0 saturated heterocycles. The predicted octanol–water partition coefficient (Wildman–Crippen LogP) is 2.41. The summed E-state index contributed by atoms with van der Waals surface area (Å²) in [7, 11) is 0. The predicted molar refractivity (Wildman–Crippen MR) is 74.8 cm³/mol. The summed E-state index contributed by atoms with van der Waals surface area (Å²) < 4.78 is 12.9. The Kier molecular flexibility index (Phi) is 5.06. The summed E-state index contributed by atoms with van der Waals surface area (Å²) in [6, 6.07) is 10.1. The van der Waals surface area contributed by atoms with E-state index >= 15 is 0 Å². The van der Waals surface area contributed by atoms with Gasteiger partial charge in [-0.3, -0.25) is 4.79 Å². The fourth-order valence-electron chi connectivity index (χ4n) is 1.64. The zero-order valence-electron chi connectivity index (χ0n) is 10.4. The molecule has 1 aromatic carbocycles. The van der Waals surface area contributed by atoms with Crippen LogP contribution in [0, 0.1) is 5.82 Å². The maximum absolute atomic E-state index is 12.9. The average Bonchev–Trinajstić information content (AvgIpc) is 2.92. The molecule has 0 aliphatic carbocycles. The molecule has 0 saturated carbocycles. The molecule has 1 heterocycles.